The highest BCUT2D eigenvalue weighted by Gasteiger charge is 2.72. The quantitative estimate of drug-likeness (QED) is 0.550. The smallest absolute Gasteiger partial charge is 0.249 e. The van der Waals surface area contributed by atoms with Crippen LogP contribution in [0.25, 0.3) is 0 Å². The second kappa shape index (κ2) is 10.2. The first-order valence-electron chi connectivity index (χ1n) is 13.6. The predicted octanol–water partition coefficient (Wildman–Crippen LogP) is 2.15. The highest BCUT2D eigenvalue weighted by molar-refractivity contribution is 6.04. The third kappa shape index (κ3) is 3.94. The standard InChI is InChI=1S/C29H37N3O6/c1-5-19(17-33)32-25-28(36)30(18(3)4)16-8-14-29(25)24(27(32)35)23-22(38-29)9-7-15-31(26(23)34)20-10-12-21(13-11-20)37-6-2/h7-14,18-19,22-25,33H,5-6,15-17H2,1-4H3/t19-,22+,23-,24-,25?,29-/m0/s1. The molecule has 4 aliphatic rings. The van der Waals surface area contributed by atoms with Gasteiger partial charge in [0.15, 0.2) is 0 Å². The first kappa shape index (κ1) is 26.4. The topological polar surface area (TPSA) is 99.6 Å². The Morgan fingerprint density at radius 2 is 1.79 bits per heavy atom. The number of hydrogen-bond donors (Lipinski definition) is 1. The number of hydrogen-bond acceptors (Lipinski definition) is 6. The van der Waals surface area contributed by atoms with Gasteiger partial charge in [-0.1, -0.05) is 31.2 Å². The summed E-state index contributed by atoms with van der Waals surface area (Å²) in [6.07, 6.45) is 7.28. The first-order chi connectivity index (χ1) is 18.3. The summed E-state index contributed by atoms with van der Waals surface area (Å²) in [7, 11) is 0. The van der Waals surface area contributed by atoms with E-state index in [0.29, 0.717) is 37.6 Å². The van der Waals surface area contributed by atoms with Crippen LogP contribution in [-0.2, 0) is 19.1 Å². The van der Waals surface area contributed by atoms with E-state index >= 15 is 0 Å². The fraction of sp³-hybridized carbons (Fsp3) is 0.552. The molecular formula is C29H37N3O6. The molecule has 1 unspecified atom stereocenters. The molecule has 4 aliphatic heterocycles. The maximum atomic E-state index is 14.2. The molecule has 5 rings (SSSR count). The van der Waals surface area contributed by atoms with Crippen molar-refractivity contribution in [2.45, 2.75) is 63.9 Å². The number of rotatable bonds is 7. The molecule has 0 bridgehead atoms. The van der Waals surface area contributed by atoms with E-state index in [1.165, 1.54) is 4.90 Å². The average molecular weight is 524 g/mol. The minimum Gasteiger partial charge on any atom is -0.494 e. The maximum absolute atomic E-state index is 14.2. The van der Waals surface area contributed by atoms with Crippen molar-refractivity contribution in [1.29, 1.82) is 0 Å². The number of aliphatic hydroxyl groups excluding tert-OH is 1. The number of carbonyl (C=O) groups excluding carboxylic acids is 3. The average Bonchev–Trinajstić information content (AvgIpc) is 3.21. The van der Waals surface area contributed by atoms with Gasteiger partial charge < -0.3 is 29.3 Å². The summed E-state index contributed by atoms with van der Waals surface area (Å²) in [6, 6.07) is 5.72. The SMILES string of the molecule is CCOc1ccc(N2CC=C[C@H]3O[C@]45C=CCN(C(C)C)C(=O)C4N([C@@H](CC)CO)C(=O)[C@@H]5[C@H]3C2=O)cc1. The van der Waals surface area contributed by atoms with E-state index in [1.54, 1.807) is 9.80 Å². The molecule has 0 radical (unpaired) electrons. The van der Waals surface area contributed by atoms with Gasteiger partial charge in [-0.05, 0) is 51.5 Å². The molecule has 1 N–H and O–H groups in total. The number of aliphatic hydroxyl groups is 1. The predicted molar refractivity (Wildman–Crippen MR) is 141 cm³/mol. The second-order valence-corrected chi connectivity index (χ2v) is 10.6. The molecule has 0 aromatic heterocycles. The van der Waals surface area contributed by atoms with E-state index in [2.05, 4.69) is 0 Å². The van der Waals surface area contributed by atoms with Gasteiger partial charge in [-0.3, -0.25) is 14.4 Å². The normalized spacial score (nSPS) is 31.3. The van der Waals surface area contributed by atoms with E-state index in [0.717, 1.165) is 0 Å². The van der Waals surface area contributed by atoms with Gasteiger partial charge in [0.25, 0.3) is 0 Å². The molecule has 204 valence electrons. The van der Waals surface area contributed by atoms with Crippen LogP contribution in [0, 0.1) is 11.8 Å². The van der Waals surface area contributed by atoms with Crippen molar-refractivity contribution < 1.29 is 29.0 Å². The molecular weight excluding hydrogens is 486 g/mol. The zero-order valence-corrected chi connectivity index (χ0v) is 22.4. The van der Waals surface area contributed by atoms with Gasteiger partial charge in [0.1, 0.15) is 17.4 Å². The van der Waals surface area contributed by atoms with Crippen LogP contribution in [0.15, 0.2) is 48.6 Å². The summed E-state index contributed by atoms with van der Waals surface area (Å²) in [6.45, 7) is 8.66. The van der Waals surface area contributed by atoms with Gasteiger partial charge in [0, 0.05) is 24.8 Å². The molecule has 9 heteroatoms. The van der Waals surface area contributed by atoms with E-state index in [-0.39, 0.29) is 30.4 Å². The van der Waals surface area contributed by atoms with Crippen molar-refractivity contribution >= 4 is 23.4 Å². The van der Waals surface area contributed by atoms with Gasteiger partial charge in [-0.2, -0.15) is 0 Å². The Bertz CT molecular complexity index is 1140. The van der Waals surface area contributed by atoms with Crippen molar-refractivity contribution in [1.82, 2.24) is 9.80 Å². The number of likely N-dealkylation sites (tertiary alicyclic amines) is 1. The van der Waals surface area contributed by atoms with Crippen LogP contribution in [0.1, 0.15) is 34.1 Å². The van der Waals surface area contributed by atoms with Gasteiger partial charge in [-0.15, -0.1) is 0 Å². The Labute approximate surface area is 223 Å². The third-order valence-corrected chi connectivity index (χ3v) is 8.29. The third-order valence-electron chi connectivity index (χ3n) is 8.29. The van der Waals surface area contributed by atoms with Crippen LogP contribution in [0.5, 0.6) is 5.75 Å². The van der Waals surface area contributed by atoms with E-state index in [1.807, 2.05) is 76.3 Å². The molecule has 2 fully saturated rings. The Balaban J connectivity index is 1.58. The Kier molecular flexibility index (Phi) is 7.09. The zero-order chi connectivity index (χ0) is 27.2. The molecule has 2 saturated heterocycles. The number of amides is 3. The van der Waals surface area contributed by atoms with Crippen molar-refractivity contribution in [2.75, 3.05) is 31.2 Å². The van der Waals surface area contributed by atoms with Crippen LogP contribution in [-0.4, -0.2) is 88.8 Å². The van der Waals surface area contributed by atoms with Crippen LogP contribution < -0.4 is 9.64 Å². The summed E-state index contributed by atoms with van der Waals surface area (Å²) in [5.41, 5.74) is -0.596. The van der Waals surface area contributed by atoms with Crippen molar-refractivity contribution in [3.63, 3.8) is 0 Å². The Morgan fingerprint density at radius 1 is 1.05 bits per heavy atom. The number of anilines is 1. The number of fused-ring (bicyclic) bond motifs is 2. The molecule has 0 saturated carbocycles. The minimum absolute atomic E-state index is 0.0870. The molecule has 4 heterocycles. The van der Waals surface area contributed by atoms with Crippen molar-refractivity contribution in [3.8, 4) is 5.75 Å². The molecule has 3 amide bonds. The Hall–Kier alpha value is -3.17. The molecule has 6 atom stereocenters. The van der Waals surface area contributed by atoms with Crippen molar-refractivity contribution in [2.24, 2.45) is 11.8 Å². The lowest BCUT2D eigenvalue weighted by Crippen LogP contribution is -2.58. The highest BCUT2D eigenvalue weighted by Crippen LogP contribution is 2.54. The monoisotopic (exact) mass is 523 g/mol. The first-order valence-corrected chi connectivity index (χ1v) is 13.6. The van der Waals surface area contributed by atoms with Crippen molar-refractivity contribution in [3.05, 3.63) is 48.6 Å². The molecule has 1 spiro atoms. The maximum Gasteiger partial charge on any atom is 0.249 e. The van der Waals surface area contributed by atoms with Gasteiger partial charge in [0.2, 0.25) is 17.7 Å². The largest absolute Gasteiger partial charge is 0.494 e. The Morgan fingerprint density at radius 3 is 2.42 bits per heavy atom. The summed E-state index contributed by atoms with van der Waals surface area (Å²) in [5.74, 6) is -1.73. The van der Waals surface area contributed by atoms with Gasteiger partial charge in [-0.25, -0.2) is 0 Å². The summed E-state index contributed by atoms with van der Waals surface area (Å²) < 4.78 is 12.2. The minimum atomic E-state index is -1.29. The number of benzene rings is 1. The zero-order valence-electron chi connectivity index (χ0n) is 22.4. The molecule has 9 nitrogen and oxygen atoms in total. The van der Waals surface area contributed by atoms with E-state index < -0.39 is 35.6 Å². The van der Waals surface area contributed by atoms with Crippen LogP contribution in [0.4, 0.5) is 5.69 Å². The highest BCUT2D eigenvalue weighted by atomic mass is 16.5. The molecule has 1 aromatic carbocycles. The van der Waals surface area contributed by atoms with E-state index in [9.17, 15) is 19.5 Å². The lowest BCUT2D eigenvalue weighted by atomic mass is 9.77. The summed E-state index contributed by atoms with van der Waals surface area (Å²) in [4.78, 5) is 47.4. The lowest BCUT2D eigenvalue weighted by molar-refractivity contribution is -0.151. The van der Waals surface area contributed by atoms with Crippen LogP contribution in [0.3, 0.4) is 0 Å². The molecule has 1 aromatic rings. The summed E-state index contributed by atoms with van der Waals surface area (Å²) in [5, 5.41) is 10.2. The van der Waals surface area contributed by atoms with Gasteiger partial charge >= 0.3 is 0 Å². The second-order valence-electron chi connectivity index (χ2n) is 10.6. The number of nitrogens with zero attached hydrogens (tertiary/aromatic N) is 3. The van der Waals surface area contributed by atoms with Crippen LogP contribution >= 0.6 is 0 Å². The molecule has 38 heavy (non-hydrogen) atoms. The number of carbonyl (C=O) groups is 3. The fourth-order valence-corrected chi connectivity index (χ4v) is 6.49. The molecule has 0 aliphatic carbocycles. The fourth-order valence-electron chi connectivity index (χ4n) is 6.49. The summed E-state index contributed by atoms with van der Waals surface area (Å²) >= 11 is 0. The lowest BCUT2D eigenvalue weighted by Gasteiger charge is -2.39. The van der Waals surface area contributed by atoms with E-state index in [4.69, 9.17) is 9.47 Å². The van der Waals surface area contributed by atoms with Gasteiger partial charge in [0.05, 0.1) is 37.2 Å². The van der Waals surface area contributed by atoms with Crippen LogP contribution in [0.2, 0.25) is 0 Å². The number of ether oxygens (including phenoxy) is 2.